The number of hydrogen-bond donors (Lipinski definition) is 3. The number of aromatic nitrogens is 2. The zero-order valence-corrected chi connectivity index (χ0v) is 16.9. The fourth-order valence-electron chi connectivity index (χ4n) is 2.93. The van der Waals surface area contributed by atoms with E-state index in [2.05, 4.69) is 10.6 Å². The van der Waals surface area contributed by atoms with Crippen molar-refractivity contribution in [3.63, 3.8) is 0 Å². The number of nitrogens with one attached hydrogen (secondary N) is 2. The summed E-state index contributed by atoms with van der Waals surface area (Å²) in [5.41, 5.74) is 6.52. The number of ether oxygens (including phenoxy) is 1. The van der Waals surface area contributed by atoms with Crippen molar-refractivity contribution in [3.8, 4) is 5.69 Å². The molecular weight excluding hydrogens is 402 g/mol. The van der Waals surface area contributed by atoms with Crippen molar-refractivity contribution in [1.29, 1.82) is 0 Å². The van der Waals surface area contributed by atoms with Gasteiger partial charge >= 0.3 is 12.0 Å². The summed E-state index contributed by atoms with van der Waals surface area (Å²) in [4.78, 5) is 48.0. The first-order valence-electron chi connectivity index (χ1n) is 9.25. The molecule has 0 bridgehead atoms. The number of amides is 3. The molecule has 3 aromatic rings. The van der Waals surface area contributed by atoms with Gasteiger partial charge in [-0.3, -0.25) is 14.3 Å². The number of benzene rings is 2. The van der Waals surface area contributed by atoms with Crippen molar-refractivity contribution >= 4 is 29.3 Å². The molecule has 0 atom stereocenters. The van der Waals surface area contributed by atoms with Crippen molar-refractivity contribution in [3.05, 3.63) is 76.2 Å². The molecule has 0 aliphatic rings. The molecule has 4 N–H and O–H groups in total. The number of urea groups is 1. The van der Waals surface area contributed by atoms with Crippen molar-refractivity contribution in [2.75, 3.05) is 17.2 Å². The van der Waals surface area contributed by atoms with Gasteiger partial charge in [0.25, 0.3) is 11.5 Å². The minimum atomic E-state index is -0.729. The molecule has 0 aliphatic carbocycles. The predicted octanol–water partition coefficient (Wildman–Crippen LogP) is 1.77. The van der Waals surface area contributed by atoms with Gasteiger partial charge in [-0.1, -0.05) is 18.2 Å². The number of nitrogens with zero attached hydrogens (tertiary/aromatic N) is 2. The van der Waals surface area contributed by atoms with Crippen LogP contribution in [0.3, 0.4) is 0 Å². The Hall–Kier alpha value is -4.34. The molecule has 0 saturated carbocycles. The summed E-state index contributed by atoms with van der Waals surface area (Å²) >= 11 is 0. The molecule has 0 radical (unpaired) electrons. The predicted molar refractivity (Wildman–Crippen MR) is 114 cm³/mol. The van der Waals surface area contributed by atoms with Crippen LogP contribution >= 0.6 is 0 Å². The SMILES string of the molecule is Cc1c(NC(=O)COC(=O)c2ccc(NC(N)=O)cc2)c(=O)n(-c2ccccc2)n1C. The normalized spacial score (nSPS) is 10.4. The average Bonchev–Trinajstić information content (AvgIpc) is 2.96. The van der Waals surface area contributed by atoms with E-state index in [1.165, 1.54) is 28.9 Å². The number of rotatable bonds is 6. The zero-order valence-electron chi connectivity index (χ0n) is 16.9. The molecule has 10 nitrogen and oxygen atoms in total. The van der Waals surface area contributed by atoms with Gasteiger partial charge in [0.15, 0.2) is 6.61 Å². The van der Waals surface area contributed by atoms with E-state index in [-0.39, 0.29) is 11.3 Å². The van der Waals surface area contributed by atoms with Crippen molar-refractivity contribution < 1.29 is 19.1 Å². The molecule has 1 aromatic heterocycles. The highest BCUT2D eigenvalue weighted by Gasteiger charge is 2.19. The van der Waals surface area contributed by atoms with Gasteiger partial charge in [0.1, 0.15) is 5.69 Å². The lowest BCUT2D eigenvalue weighted by Crippen LogP contribution is -2.25. The smallest absolute Gasteiger partial charge is 0.338 e. The molecule has 3 amide bonds. The van der Waals surface area contributed by atoms with Gasteiger partial charge in [0, 0.05) is 12.7 Å². The van der Waals surface area contributed by atoms with Crippen LogP contribution in [0.15, 0.2) is 59.4 Å². The van der Waals surface area contributed by atoms with Gasteiger partial charge in [-0.15, -0.1) is 0 Å². The molecule has 0 aliphatic heterocycles. The van der Waals surface area contributed by atoms with Crippen LogP contribution in [0.4, 0.5) is 16.2 Å². The molecule has 160 valence electrons. The Morgan fingerprint density at radius 2 is 1.65 bits per heavy atom. The van der Waals surface area contributed by atoms with Gasteiger partial charge < -0.3 is 21.1 Å². The number of carbonyl (C=O) groups is 3. The third-order valence-electron chi connectivity index (χ3n) is 4.54. The largest absolute Gasteiger partial charge is 0.452 e. The first-order chi connectivity index (χ1) is 14.8. The monoisotopic (exact) mass is 423 g/mol. The minimum absolute atomic E-state index is 0.106. The maximum absolute atomic E-state index is 12.8. The van der Waals surface area contributed by atoms with Crippen LogP contribution in [0.2, 0.25) is 0 Å². The molecule has 0 fully saturated rings. The summed E-state index contributed by atoms with van der Waals surface area (Å²) in [6.07, 6.45) is 0. The van der Waals surface area contributed by atoms with Crippen LogP contribution in [-0.2, 0) is 16.6 Å². The maximum Gasteiger partial charge on any atom is 0.338 e. The molecule has 1 heterocycles. The van der Waals surface area contributed by atoms with Gasteiger partial charge in [-0.25, -0.2) is 14.3 Å². The van der Waals surface area contributed by atoms with Crippen LogP contribution < -0.4 is 21.9 Å². The fourth-order valence-corrected chi connectivity index (χ4v) is 2.93. The maximum atomic E-state index is 12.8. The number of esters is 1. The Kier molecular flexibility index (Phi) is 6.20. The van der Waals surface area contributed by atoms with Crippen molar-refractivity contribution in [2.45, 2.75) is 6.92 Å². The standard InChI is InChI=1S/C21H21N5O5/c1-13-18(19(28)26(25(13)2)16-6-4-3-5-7-16)24-17(27)12-31-20(29)14-8-10-15(11-9-14)23-21(22)30/h3-11H,12H2,1-2H3,(H,24,27)(H3,22,23,30). The number of nitrogens with two attached hydrogens (primary N) is 1. The van der Waals surface area contributed by atoms with Gasteiger partial charge in [-0.05, 0) is 43.3 Å². The van der Waals surface area contributed by atoms with Crippen LogP contribution in [0.1, 0.15) is 16.1 Å². The highest BCUT2D eigenvalue weighted by molar-refractivity contribution is 5.96. The third kappa shape index (κ3) is 4.81. The highest BCUT2D eigenvalue weighted by Crippen LogP contribution is 2.14. The molecule has 0 unspecified atom stereocenters. The lowest BCUT2D eigenvalue weighted by molar-refractivity contribution is -0.119. The van der Waals surface area contributed by atoms with Crippen molar-refractivity contribution in [2.24, 2.45) is 12.8 Å². The summed E-state index contributed by atoms with van der Waals surface area (Å²) < 4.78 is 8.06. The second-order valence-electron chi connectivity index (χ2n) is 6.63. The molecule has 2 aromatic carbocycles. The number of primary amides is 1. The Morgan fingerprint density at radius 1 is 1.00 bits per heavy atom. The molecule has 0 spiro atoms. The van der Waals surface area contributed by atoms with E-state index >= 15 is 0 Å². The number of carbonyl (C=O) groups excluding carboxylic acids is 3. The molecule has 31 heavy (non-hydrogen) atoms. The Morgan fingerprint density at radius 3 is 2.26 bits per heavy atom. The molecule has 10 heteroatoms. The lowest BCUT2D eigenvalue weighted by atomic mass is 10.2. The quantitative estimate of drug-likeness (QED) is 0.519. The number of anilines is 2. The molecule has 0 saturated heterocycles. The minimum Gasteiger partial charge on any atom is -0.452 e. The average molecular weight is 423 g/mol. The lowest BCUT2D eigenvalue weighted by Gasteiger charge is -2.07. The van der Waals surface area contributed by atoms with Gasteiger partial charge in [0.05, 0.1) is 16.9 Å². The Bertz CT molecular complexity index is 1180. The van der Waals surface area contributed by atoms with E-state index in [9.17, 15) is 19.2 Å². The van der Waals surface area contributed by atoms with Gasteiger partial charge in [0.2, 0.25) is 0 Å². The van der Waals surface area contributed by atoms with Crippen LogP contribution in [0, 0.1) is 6.92 Å². The Labute approximate surface area is 177 Å². The van der Waals surface area contributed by atoms with Gasteiger partial charge in [-0.2, -0.15) is 0 Å². The highest BCUT2D eigenvalue weighted by atomic mass is 16.5. The van der Waals surface area contributed by atoms with E-state index in [1.807, 2.05) is 6.07 Å². The summed E-state index contributed by atoms with van der Waals surface area (Å²) in [7, 11) is 1.70. The summed E-state index contributed by atoms with van der Waals surface area (Å²) in [5.74, 6) is -1.38. The molecule has 3 rings (SSSR count). The fraction of sp³-hybridized carbons (Fsp3) is 0.143. The van der Waals surface area contributed by atoms with E-state index in [1.54, 1.807) is 42.9 Å². The first kappa shape index (κ1) is 21.4. The second kappa shape index (κ2) is 8.99. The summed E-state index contributed by atoms with van der Waals surface area (Å²) in [6, 6.07) is 14.1. The zero-order chi connectivity index (χ0) is 22.5. The topological polar surface area (TPSA) is 137 Å². The first-order valence-corrected chi connectivity index (χ1v) is 9.25. The second-order valence-corrected chi connectivity index (χ2v) is 6.63. The summed E-state index contributed by atoms with van der Waals surface area (Å²) in [5, 5.41) is 4.88. The third-order valence-corrected chi connectivity index (χ3v) is 4.54. The number of hydrogen-bond acceptors (Lipinski definition) is 5. The van der Waals surface area contributed by atoms with E-state index in [0.717, 1.165) is 0 Å². The van der Waals surface area contributed by atoms with E-state index < -0.39 is 30.1 Å². The van der Waals surface area contributed by atoms with E-state index in [4.69, 9.17) is 10.5 Å². The summed E-state index contributed by atoms with van der Waals surface area (Å²) in [6.45, 7) is 1.13. The van der Waals surface area contributed by atoms with E-state index in [0.29, 0.717) is 17.1 Å². The number of para-hydroxylation sites is 1. The van der Waals surface area contributed by atoms with Crippen LogP contribution in [0.5, 0.6) is 0 Å². The van der Waals surface area contributed by atoms with Crippen LogP contribution in [-0.4, -0.2) is 33.9 Å². The molecular formula is C21H21N5O5. The van der Waals surface area contributed by atoms with Crippen LogP contribution in [0.25, 0.3) is 5.69 Å². The Balaban J connectivity index is 1.66. The van der Waals surface area contributed by atoms with Crippen molar-refractivity contribution in [1.82, 2.24) is 9.36 Å².